The van der Waals surface area contributed by atoms with Crippen molar-refractivity contribution in [1.82, 2.24) is 0 Å². The Morgan fingerprint density at radius 3 is 2.64 bits per heavy atom. The van der Waals surface area contributed by atoms with Crippen LogP contribution in [0.25, 0.3) is 0 Å². The van der Waals surface area contributed by atoms with Gasteiger partial charge in [-0.3, -0.25) is 4.79 Å². The normalized spacial score (nSPS) is 12.1. The Kier molecular flexibility index (Phi) is 3.41. The summed E-state index contributed by atoms with van der Waals surface area (Å²) in [7, 11) is 6.05. The van der Waals surface area contributed by atoms with Crippen molar-refractivity contribution in [2.75, 3.05) is 36.3 Å². The average Bonchev–Trinajstić information content (AvgIpc) is 2.47. The quantitative estimate of drug-likeness (QED) is 0.679. The summed E-state index contributed by atoms with van der Waals surface area (Å²) in [4.78, 5) is 15.4. The van der Waals surface area contributed by atoms with Crippen LogP contribution in [0.5, 0.6) is 5.75 Å². The molecule has 22 heavy (non-hydrogen) atoms. The number of carbonyl (C=O) groups is 1. The number of nitrogens with one attached hydrogen (secondary N) is 1. The molecule has 114 valence electrons. The highest BCUT2D eigenvalue weighted by atomic mass is 16.5. The molecule has 1 aliphatic rings. The second-order valence-corrected chi connectivity index (χ2v) is 5.52. The molecule has 0 aliphatic carbocycles. The van der Waals surface area contributed by atoms with Gasteiger partial charge in [0.05, 0.1) is 17.1 Å². The van der Waals surface area contributed by atoms with Crippen molar-refractivity contribution in [3.05, 3.63) is 36.4 Å². The fourth-order valence-electron chi connectivity index (χ4n) is 2.61. The maximum absolute atomic E-state index is 11.3. The van der Waals surface area contributed by atoms with E-state index in [9.17, 15) is 4.79 Å². The molecule has 1 heterocycles. The van der Waals surface area contributed by atoms with Crippen molar-refractivity contribution in [3.8, 4) is 5.75 Å². The molecule has 0 bridgehead atoms. The molecule has 0 unspecified atom stereocenters. The van der Waals surface area contributed by atoms with E-state index in [1.807, 2.05) is 39.3 Å². The van der Waals surface area contributed by atoms with Gasteiger partial charge in [-0.05, 0) is 30.3 Å². The number of rotatable bonds is 2. The van der Waals surface area contributed by atoms with Crippen LogP contribution in [0, 0.1) is 0 Å². The van der Waals surface area contributed by atoms with Crippen LogP contribution in [0.1, 0.15) is 6.92 Å². The van der Waals surface area contributed by atoms with Gasteiger partial charge in [-0.1, -0.05) is 6.07 Å². The summed E-state index contributed by atoms with van der Waals surface area (Å²) >= 11 is 0. The van der Waals surface area contributed by atoms with Crippen molar-refractivity contribution >= 4 is 34.4 Å². The van der Waals surface area contributed by atoms with E-state index in [1.54, 1.807) is 6.07 Å². The summed E-state index contributed by atoms with van der Waals surface area (Å²) in [5, 5.41) is 3.37. The molecular formula is C17H19N3O2. The number of fused-ring (bicyclic) bond motifs is 2. The largest absolute Gasteiger partial charge is 0.424 e. The Labute approximate surface area is 130 Å². The number of carbonyl (C=O) groups excluding carboxylic acids is 1. The monoisotopic (exact) mass is 297 g/mol. The van der Waals surface area contributed by atoms with Crippen LogP contribution in [-0.4, -0.2) is 27.1 Å². The lowest BCUT2D eigenvalue weighted by atomic mass is 10.1. The molecule has 0 aromatic heterocycles. The Balaban J connectivity index is 2.08. The van der Waals surface area contributed by atoms with Crippen LogP contribution in [0.2, 0.25) is 0 Å². The van der Waals surface area contributed by atoms with Gasteiger partial charge in [0, 0.05) is 33.8 Å². The molecule has 2 aromatic rings. The Morgan fingerprint density at radius 1 is 1.18 bits per heavy atom. The van der Waals surface area contributed by atoms with E-state index in [-0.39, 0.29) is 5.97 Å². The molecule has 0 atom stereocenters. The average molecular weight is 297 g/mol. The number of benzene rings is 2. The highest BCUT2D eigenvalue weighted by Gasteiger charge is 2.23. The molecular weight excluding hydrogens is 278 g/mol. The number of para-hydroxylation sites is 1. The molecule has 0 saturated heterocycles. The third kappa shape index (κ3) is 2.35. The van der Waals surface area contributed by atoms with Gasteiger partial charge in [0.2, 0.25) is 0 Å². The second kappa shape index (κ2) is 5.26. The van der Waals surface area contributed by atoms with Crippen LogP contribution in [0.15, 0.2) is 36.4 Å². The summed E-state index contributed by atoms with van der Waals surface area (Å²) in [5.74, 6) is 0.214. The van der Waals surface area contributed by atoms with Gasteiger partial charge < -0.3 is 19.9 Å². The predicted molar refractivity (Wildman–Crippen MR) is 89.9 cm³/mol. The van der Waals surface area contributed by atoms with Crippen LogP contribution in [-0.2, 0) is 4.79 Å². The number of hydrogen-bond donors (Lipinski definition) is 1. The first-order valence-corrected chi connectivity index (χ1v) is 7.11. The van der Waals surface area contributed by atoms with Gasteiger partial charge >= 0.3 is 5.97 Å². The molecule has 5 nitrogen and oxygen atoms in total. The molecule has 0 saturated carbocycles. The van der Waals surface area contributed by atoms with Crippen molar-refractivity contribution in [2.45, 2.75) is 6.92 Å². The number of ether oxygens (including phenoxy) is 1. The molecule has 3 rings (SSSR count). The third-order valence-corrected chi connectivity index (χ3v) is 3.74. The van der Waals surface area contributed by atoms with Crippen LogP contribution >= 0.6 is 0 Å². The molecule has 0 radical (unpaired) electrons. The van der Waals surface area contributed by atoms with E-state index in [2.05, 4.69) is 27.2 Å². The van der Waals surface area contributed by atoms with Crippen LogP contribution in [0.3, 0.4) is 0 Å². The first kappa shape index (κ1) is 14.3. The zero-order chi connectivity index (χ0) is 15.9. The fourth-order valence-corrected chi connectivity index (χ4v) is 2.61. The number of anilines is 5. The SMILES string of the molecule is CC(=O)Oc1cccc2c1Nc1ccc(N(C)C)cc1N2C. The standard InChI is InChI=1S/C17H19N3O2/c1-11(21)22-16-7-5-6-14-17(16)18-13-9-8-12(19(2)3)10-15(13)20(14)4/h5-10,18H,1-4H3. The molecule has 0 fully saturated rings. The van der Waals surface area contributed by atoms with E-state index in [0.717, 1.165) is 28.4 Å². The maximum Gasteiger partial charge on any atom is 0.308 e. The van der Waals surface area contributed by atoms with Gasteiger partial charge in [0.25, 0.3) is 0 Å². The Hall–Kier alpha value is -2.69. The molecule has 1 aliphatic heterocycles. The number of hydrogen-bond acceptors (Lipinski definition) is 5. The van der Waals surface area contributed by atoms with Crippen molar-refractivity contribution < 1.29 is 9.53 Å². The van der Waals surface area contributed by atoms with Crippen LogP contribution < -0.4 is 19.9 Å². The van der Waals surface area contributed by atoms with Gasteiger partial charge in [-0.15, -0.1) is 0 Å². The molecule has 0 spiro atoms. The molecule has 2 aromatic carbocycles. The minimum absolute atomic E-state index is 0.327. The van der Waals surface area contributed by atoms with E-state index in [0.29, 0.717) is 5.75 Å². The Bertz CT molecular complexity index is 741. The van der Waals surface area contributed by atoms with Crippen molar-refractivity contribution in [1.29, 1.82) is 0 Å². The lowest BCUT2D eigenvalue weighted by Gasteiger charge is -2.32. The summed E-state index contributed by atoms with van der Waals surface area (Å²) in [6.45, 7) is 1.41. The molecule has 1 N–H and O–H groups in total. The topological polar surface area (TPSA) is 44.8 Å². The zero-order valence-electron chi connectivity index (χ0n) is 13.2. The third-order valence-electron chi connectivity index (χ3n) is 3.74. The minimum Gasteiger partial charge on any atom is -0.424 e. The summed E-state index contributed by atoms with van der Waals surface area (Å²) in [6, 6.07) is 11.9. The first-order chi connectivity index (χ1) is 10.5. The predicted octanol–water partition coefficient (Wildman–Crippen LogP) is 3.50. The summed E-state index contributed by atoms with van der Waals surface area (Å²) < 4.78 is 5.30. The lowest BCUT2D eigenvalue weighted by molar-refractivity contribution is -0.131. The van der Waals surface area contributed by atoms with Gasteiger partial charge in [-0.2, -0.15) is 0 Å². The molecule has 5 heteroatoms. The first-order valence-electron chi connectivity index (χ1n) is 7.11. The summed E-state index contributed by atoms with van der Waals surface area (Å²) in [5.41, 5.74) is 4.98. The molecule has 0 amide bonds. The minimum atomic E-state index is -0.327. The van der Waals surface area contributed by atoms with Crippen LogP contribution in [0.4, 0.5) is 28.4 Å². The number of nitrogens with zero attached hydrogens (tertiary/aromatic N) is 2. The highest BCUT2D eigenvalue weighted by molar-refractivity contribution is 5.95. The van der Waals surface area contributed by atoms with Gasteiger partial charge in [0.1, 0.15) is 5.69 Å². The maximum atomic E-state index is 11.3. The highest BCUT2D eigenvalue weighted by Crippen LogP contribution is 2.47. The van der Waals surface area contributed by atoms with Crippen molar-refractivity contribution in [2.24, 2.45) is 0 Å². The lowest BCUT2D eigenvalue weighted by Crippen LogP contribution is -2.19. The van der Waals surface area contributed by atoms with Crippen molar-refractivity contribution in [3.63, 3.8) is 0 Å². The second-order valence-electron chi connectivity index (χ2n) is 5.52. The number of esters is 1. The van der Waals surface area contributed by atoms with Gasteiger partial charge in [0.15, 0.2) is 5.75 Å². The van der Waals surface area contributed by atoms with Gasteiger partial charge in [-0.25, -0.2) is 0 Å². The van der Waals surface area contributed by atoms with E-state index in [1.165, 1.54) is 6.92 Å². The summed E-state index contributed by atoms with van der Waals surface area (Å²) in [6.07, 6.45) is 0. The smallest absolute Gasteiger partial charge is 0.308 e. The fraction of sp³-hybridized carbons (Fsp3) is 0.235. The van der Waals surface area contributed by atoms with E-state index < -0.39 is 0 Å². The van der Waals surface area contributed by atoms with E-state index in [4.69, 9.17) is 4.74 Å². The zero-order valence-corrected chi connectivity index (χ0v) is 13.2. The Morgan fingerprint density at radius 2 is 1.95 bits per heavy atom. The van der Waals surface area contributed by atoms with E-state index >= 15 is 0 Å².